The molecule has 2 aromatic carbocycles. The number of amidine groups is 1. The largest absolute Gasteiger partial charge is 0.482 e. The summed E-state index contributed by atoms with van der Waals surface area (Å²) in [4.78, 5) is 51.5. The van der Waals surface area contributed by atoms with Crippen molar-refractivity contribution in [3.8, 4) is 5.75 Å². The zero-order chi connectivity index (χ0) is 25.8. The summed E-state index contributed by atoms with van der Waals surface area (Å²) in [6.45, 7) is 2.75. The van der Waals surface area contributed by atoms with E-state index >= 15 is 0 Å². The van der Waals surface area contributed by atoms with Gasteiger partial charge >= 0.3 is 12.1 Å². The molecule has 35 heavy (non-hydrogen) atoms. The van der Waals surface area contributed by atoms with Crippen LogP contribution in [0.4, 0.5) is 4.79 Å². The molecule has 2 amide bonds. The lowest BCUT2D eigenvalue weighted by atomic mass is 10.0. The van der Waals surface area contributed by atoms with Crippen LogP contribution in [-0.4, -0.2) is 67.2 Å². The first-order chi connectivity index (χ1) is 16.7. The summed E-state index contributed by atoms with van der Waals surface area (Å²) in [6, 6.07) is 11.3. The van der Waals surface area contributed by atoms with Gasteiger partial charge in [-0.2, -0.15) is 4.99 Å². The van der Waals surface area contributed by atoms with Crippen LogP contribution in [0.5, 0.6) is 5.75 Å². The number of nitrogens with two attached hydrogens (primary N) is 1. The molecule has 0 bridgehead atoms. The van der Waals surface area contributed by atoms with E-state index in [1.807, 2.05) is 0 Å². The monoisotopic (exact) mass is 485 g/mol. The fraction of sp³-hybridized carbons (Fsp3) is 0.292. The van der Waals surface area contributed by atoms with Crippen LogP contribution in [-0.2, 0) is 14.3 Å². The Kier molecular flexibility index (Phi) is 10.4. The van der Waals surface area contributed by atoms with Gasteiger partial charge in [0.25, 0.3) is 5.91 Å². The molecule has 0 radical (unpaired) electrons. The first kappa shape index (κ1) is 27.0. The van der Waals surface area contributed by atoms with Gasteiger partial charge in [0.2, 0.25) is 0 Å². The lowest BCUT2D eigenvalue weighted by Crippen LogP contribution is -2.38. The van der Waals surface area contributed by atoms with E-state index in [4.69, 9.17) is 20.3 Å². The maximum absolute atomic E-state index is 12.7. The lowest BCUT2D eigenvalue weighted by molar-refractivity contribution is -0.145. The highest BCUT2D eigenvalue weighted by molar-refractivity contribution is 6.05. The van der Waals surface area contributed by atoms with Gasteiger partial charge in [-0.15, -0.1) is 0 Å². The summed E-state index contributed by atoms with van der Waals surface area (Å²) < 4.78 is 14.7. The first-order valence-electron chi connectivity index (χ1n) is 10.7. The Morgan fingerprint density at radius 1 is 0.971 bits per heavy atom. The summed E-state index contributed by atoms with van der Waals surface area (Å²) >= 11 is 0. The number of amides is 2. The molecule has 2 aromatic rings. The molecule has 0 aliphatic carbocycles. The highest BCUT2D eigenvalue weighted by atomic mass is 16.6. The van der Waals surface area contributed by atoms with Crippen molar-refractivity contribution in [1.82, 2.24) is 5.32 Å². The molecule has 0 heterocycles. The molecule has 4 N–H and O–H groups in total. The maximum atomic E-state index is 12.7. The van der Waals surface area contributed by atoms with Crippen molar-refractivity contribution in [3.63, 3.8) is 0 Å². The fourth-order valence-electron chi connectivity index (χ4n) is 2.78. The second-order valence-corrected chi connectivity index (χ2v) is 7.09. The van der Waals surface area contributed by atoms with E-state index in [1.165, 1.54) is 36.4 Å². The van der Waals surface area contributed by atoms with Crippen LogP contribution in [0.25, 0.3) is 0 Å². The second kappa shape index (κ2) is 13.5. The molecule has 11 heteroatoms. The van der Waals surface area contributed by atoms with Crippen molar-refractivity contribution >= 4 is 29.6 Å². The maximum Gasteiger partial charge on any atom is 0.435 e. The van der Waals surface area contributed by atoms with Crippen LogP contribution in [0.1, 0.15) is 40.1 Å². The summed E-state index contributed by atoms with van der Waals surface area (Å²) in [7, 11) is 0. The molecule has 0 aliphatic heterocycles. The van der Waals surface area contributed by atoms with E-state index in [0.717, 1.165) is 0 Å². The summed E-state index contributed by atoms with van der Waals surface area (Å²) in [5, 5.41) is 11.3. The smallest absolute Gasteiger partial charge is 0.435 e. The minimum absolute atomic E-state index is 0.113. The van der Waals surface area contributed by atoms with Gasteiger partial charge in [0.1, 0.15) is 18.2 Å². The van der Waals surface area contributed by atoms with Crippen LogP contribution in [0, 0.1) is 0 Å². The van der Waals surface area contributed by atoms with Crippen molar-refractivity contribution in [2.24, 2.45) is 10.7 Å². The number of Topliss-reactive ketones (excluding diaryl/α,β-unsaturated/α-hetero) is 1. The van der Waals surface area contributed by atoms with Gasteiger partial charge in [0, 0.05) is 16.7 Å². The van der Waals surface area contributed by atoms with Gasteiger partial charge in [0.05, 0.1) is 19.3 Å². The third-order valence-corrected chi connectivity index (χ3v) is 4.51. The summed E-state index contributed by atoms with van der Waals surface area (Å²) in [5.74, 6) is -1.00. The van der Waals surface area contributed by atoms with Crippen LogP contribution >= 0.6 is 0 Å². The van der Waals surface area contributed by atoms with E-state index in [2.05, 4.69) is 15.0 Å². The number of hydrogen-bond acceptors (Lipinski definition) is 8. The standard InChI is InChI=1S/C24H27N3O8/c1-3-33-20(29)14-35-19-10-8-16(9-11-19)21(30)15(2)26-23(31)18-6-4-17(5-7-18)22(25)27-24(32)34-13-12-28/h4-11,15,28H,3,12-14H2,1-2H3,(H,26,31)(H2,25,27,32). The van der Waals surface area contributed by atoms with Crippen molar-refractivity contribution in [2.75, 3.05) is 26.4 Å². The molecule has 186 valence electrons. The zero-order valence-corrected chi connectivity index (χ0v) is 19.4. The van der Waals surface area contributed by atoms with Crippen LogP contribution in [0.15, 0.2) is 53.5 Å². The highest BCUT2D eigenvalue weighted by Crippen LogP contribution is 2.14. The molecule has 0 saturated carbocycles. The number of ketones is 1. The number of benzene rings is 2. The van der Waals surface area contributed by atoms with E-state index in [9.17, 15) is 19.2 Å². The van der Waals surface area contributed by atoms with Crippen LogP contribution in [0.3, 0.4) is 0 Å². The van der Waals surface area contributed by atoms with E-state index in [0.29, 0.717) is 16.9 Å². The number of nitrogens with zero attached hydrogens (tertiary/aromatic N) is 1. The number of carbonyl (C=O) groups is 4. The average Bonchev–Trinajstić information content (AvgIpc) is 2.86. The third-order valence-electron chi connectivity index (χ3n) is 4.51. The molecule has 0 aliphatic rings. The Morgan fingerprint density at radius 3 is 2.17 bits per heavy atom. The molecule has 0 spiro atoms. The number of ether oxygens (including phenoxy) is 3. The lowest BCUT2D eigenvalue weighted by Gasteiger charge is -2.14. The molecule has 1 unspecified atom stereocenters. The quantitative estimate of drug-likeness (QED) is 0.185. The summed E-state index contributed by atoms with van der Waals surface area (Å²) in [5.41, 5.74) is 6.76. The van der Waals surface area contributed by atoms with Crippen LogP contribution < -0.4 is 15.8 Å². The Hall–Kier alpha value is -4.25. The number of aliphatic hydroxyl groups excluding tert-OH is 1. The average molecular weight is 485 g/mol. The molecule has 0 saturated heterocycles. The molecule has 2 rings (SSSR count). The SMILES string of the molecule is CCOC(=O)COc1ccc(C(=O)C(C)NC(=O)c2ccc(/C(N)=N/C(=O)OCCO)cc2)cc1. The third kappa shape index (κ3) is 8.55. The van der Waals surface area contributed by atoms with E-state index in [-0.39, 0.29) is 43.6 Å². The zero-order valence-electron chi connectivity index (χ0n) is 19.4. The second-order valence-electron chi connectivity index (χ2n) is 7.09. The first-order valence-corrected chi connectivity index (χ1v) is 10.7. The number of hydrogen-bond donors (Lipinski definition) is 3. The van der Waals surface area contributed by atoms with Gasteiger partial charge in [-0.3, -0.25) is 9.59 Å². The van der Waals surface area contributed by atoms with Crippen molar-refractivity contribution in [2.45, 2.75) is 19.9 Å². The van der Waals surface area contributed by atoms with Gasteiger partial charge in [-0.05, 0) is 50.2 Å². The normalized spacial score (nSPS) is 11.8. The minimum atomic E-state index is -0.940. The van der Waals surface area contributed by atoms with Gasteiger partial charge in [0.15, 0.2) is 12.4 Å². The number of nitrogens with one attached hydrogen (secondary N) is 1. The minimum Gasteiger partial charge on any atom is -0.482 e. The van der Waals surface area contributed by atoms with E-state index < -0.39 is 24.0 Å². The Bertz CT molecular complexity index is 1070. The van der Waals surface area contributed by atoms with E-state index in [1.54, 1.807) is 26.0 Å². The molecule has 1 atom stereocenters. The number of rotatable bonds is 11. The molecule has 0 aromatic heterocycles. The Labute approximate surface area is 201 Å². The molecular formula is C24H27N3O8. The Morgan fingerprint density at radius 2 is 1.57 bits per heavy atom. The highest BCUT2D eigenvalue weighted by Gasteiger charge is 2.19. The van der Waals surface area contributed by atoms with Gasteiger partial charge in [-0.1, -0.05) is 12.1 Å². The predicted molar refractivity (Wildman–Crippen MR) is 125 cm³/mol. The van der Waals surface area contributed by atoms with Crippen molar-refractivity contribution in [1.29, 1.82) is 0 Å². The van der Waals surface area contributed by atoms with Crippen molar-refractivity contribution in [3.05, 3.63) is 65.2 Å². The number of carbonyl (C=O) groups excluding carboxylic acids is 4. The van der Waals surface area contributed by atoms with Gasteiger partial charge in [-0.25, -0.2) is 9.59 Å². The number of esters is 1. The molecular weight excluding hydrogens is 458 g/mol. The number of aliphatic hydroxyl groups is 1. The van der Waals surface area contributed by atoms with Crippen LogP contribution in [0.2, 0.25) is 0 Å². The van der Waals surface area contributed by atoms with Gasteiger partial charge < -0.3 is 30.4 Å². The molecule has 0 fully saturated rings. The summed E-state index contributed by atoms with van der Waals surface area (Å²) in [6.07, 6.45) is -0.940. The predicted octanol–water partition coefficient (Wildman–Crippen LogP) is 1.46. The van der Waals surface area contributed by atoms with Crippen molar-refractivity contribution < 1.29 is 38.5 Å². The Balaban J connectivity index is 1.94. The fourth-order valence-corrected chi connectivity index (χ4v) is 2.78. The topological polar surface area (TPSA) is 167 Å². The molecule has 11 nitrogen and oxygen atoms in total. The number of aliphatic imine (C=N–C) groups is 1.